The topological polar surface area (TPSA) is 88.2 Å². The summed E-state index contributed by atoms with van der Waals surface area (Å²) in [6, 6.07) is 0. The smallest absolute Gasteiger partial charge is 0.330 e. The molecule has 1 saturated heterocycles. The van der Waals surface area contributed by atoms with Gasteiger partial charge in [-0.05, 0) is 44.9 Å². The molecule has 0 spiro atoms. The fraction of sp³-hybridized carbons (Fsp3) is 0.800. The number of rotatable bonds is 3. The second-order valence-electron chi connectivity index (χ2n) is 4.73. The molecule has 0 aromatic carbocycles. The summed E-state index contributed by atoms with van der Waals surface area (Å²) in [7, 11) is 2.11. The van der Waals surface area contributed by atoms with Gasteiger partial charge in [0.1, 0.15) is 0 Å². The zero-order valence-electron chi connectivity index (χ0n) is 9.53. The van der Waals surface area contributed by atoms with Crippen LogP contribution in [0.1, 0.15) is 18.7 Å². The number of aromatic amines is 1. The van der Waals surface area contributed by atoms with Crippen molar-refractivity contribution in [3.63, 3.8) is 0 Å². The minimum atomic E-state index is -0.491. The highest BCUT2D eigenvalue weighted by Crippen LogP contribution is 2.32. The molecule has 3 N–H and O–H groups in total. The minimum absolute atomic E-state index is 0.0618. The van der Waals surface area contributed by atoms with E-state index in [2.05, 4.69) is 26.6 Å². The Labute approximate surface area is 93.8 Å². The van der Waals surface area contributed by atoms with Crippen molar-refractivity contribution in [2.24, 2.45) is 11.1 Å². The largest absolute Gasteiger partial charge is 0.438 e. The third-order valence-corrected chi connectivity index (χ3v) is 3.51. The Morgan fingerprint density at radius 3 is 2.75 bits per heavy atom. The van der Waals surface area contributed by atoms with Crippen LogP contribution in [0.5, 0.6) is 0 Å². The quantitative estimate of drug-likeness (QED) is 0.730. The number of nitrogens with one attached hydrogen (secondary N) is 1. The highest BCUT2D eigenvalue weighted by Gasteiger charge is 2.33. The lowest BCUT2D eigenvalue weighted by atomic mass is 9.75. The van der Waals surface area contributed by atoms with Gasteiger partial charge in [-0.25, -0.2) is 4.79 Å². The van der Waals surface area contributed by atoms with Crippen molar-refractivity contribution in [2.75, 3.05) is 26.7 Å². The first kappa shape index (κ1) is 11.3. The van der Waals surface area contributed by atoms with Crippen LogP contribution in [0.25, 0.3) is 0 Å². The molecule has 0 saturated carbocycles. The zero-order chi connectivity index (χ0) is 11.6. The summed E-state index contributed by atoms with van der Waals surface area (Å²) in [5.74, 6) is 0.120. The van der Waals surface area contributed by atoms with Gasteiger partial charge in [-0.1, -0.05) is 5.16 Å². The van der Waals surface area contributed by atoms with Crippen molar-refractivity contribution in [1.29, 1.82) is 0 Å². The molecule has 1 aromatic heterocycles. The van der Waals surface area contributed by atoms with Crippen molar-refractivity contribution in [3.8, 4) is 0 Å². The Morgan fingerprint density at radius 2 is 2.25 bits per heavy atom. The lowest BCUT2D eigenvalue weighted by molar-refractivity contribution is 0.126. The summed E-state index contributed by atoms with van der Waals surface area (Å²) >= 11 is 0. The van der Waals surface area contributed by atoms with Crippen molar-refractivity contribution in [3.05, 3.63) is 16.4 Å². The Balaban J connectivity index is 2.07. The molecule has 0 bridgehead atoms. The van der Waals surface area contributed by atoms with Gasteiger partial charge in [-0.2, -0.15) is 0 Å². The molecule has 2 heterocycles. The molecule has 6 heteroatoms. The Hall–Kier alpha value is -1.14. The van der Waals surface area contributed by atoms with Crippen molar-refractivity contribution in [2.45, 2.75) is 19.3 Å². The van der Waals surface area contributed by atoms with Gasteiger partial charge in [0.2, 0.25) is 0 Å². The first-order chi connectivity index (χ1) is 7.63. The number of piperidine rings is 1. The van der Waals surface area contributed by atoms with Crippen LogP contribution >= 0.6 is 0 Å². The van der Waals surface area contributed by atoms with E-state index in [-0.39, 0.29) is 5.41 Å². The summed E-state index contributed by atoms with van der Waals surface area (Å²) in [6.07, 6.45) is 2.77. The molecule has 6 nitrogen and oxygen atoms in total. The van der Waals surface area contributed by atoms with Gasteiger partial charge in [0.15, 0.2) is 5.82 Å². The van der Waals surface area contributed by atoms with Crippen molar-refractivity contribution >= 4 is 0 Å². The molecule has 1 aliphatic heterocycles. The molecule has 0 amide bonds. The van der Waals surface area contributed by atoms with Crippen LogP contribution in [0.4, 0.5) is 0 Å². The third kappa shape index (κ3) is 2.33. The van der Waals surface area contributed by atoms with Gasteiger partial charge in [0.25, 0.3) is 0 Å². The van der Waals surface area contributed by atoms with E-state index in [9.17, 15) is 4.79 Å². The van der Waals surface area contributed by atoms with Crippen LogP contribution in [0, 0.1) is 5.41 Å². The Bertz CT molecular complexity index is 390. The second kappa shape index (κ2) is 4.39. The molecular formula is C10H18N4O2. The monoisotopic (exact) mass is 226 g/mol. The fourth-order valence-corrected chi connectivity index (χ4v) is 2.24. The van der Waals surface area contributed by atoms with E-state index >= 15 is 0 Å². The molecule has 0 unspecified atom stereocenters. The number of nitrogens with two attached hydrogens (primary N) is 1. The summed E-state index contributed by atoms with van der Waals surface area (Å²) in [5.41, 5.74) is 5.93. The first-order valence-corrected chi connectivity index (χ1v) is 5.57. The summed E-state index contributed by atoms with van der Waals surface area (Å²) in [4.78, 5) is 15.7. The normalized spacial score (nSPS) is 21.1. The average Bonchev–Trinajstić information content (AvgIpc) is 2.68. The van der Waals surface area contributed by atoms with E-state index in [0.29, 0.717) is 18.8 Å². The highest BCUT2D eigenvalue weighted by molar-refractivity contribution is 4.94. The van der Waals surface area contributed by atoms with Gasteiger partial charge in [0, 0.05) is 6.42 Å². The molecule has 1 aliphatic rings. The third-order valence-electron chi connectivity index (χ3n) is 3.51. The maximum atomic E-state index is 10.9. The van der Waals surface area contributed by atoms with Crippen molar-refractivity contribution in [1.82, 2.24) is 15.0 Å². The lowest BCUT2D eigenvalue weighted by Crippen LogP contribution is -2.43. The fourth-order valence-electron chi connectivity index (χ4n) is 2.24. The maximum Gasteiger partial charge on any atom is 0.438 e. The predicted octanol–water partition coefficient (Wildman–Crippen LogP) is -0.424. The molecule has 1 aromatic rings. The number of aromatic nitrogens is 2. The standard InChI is InChI=1S/C10H18N4O2/c1-14-4-2-10(7-11,3-5-14)6-8-12-9(15)16-13-8/h2-7,11H2,1H3,(H,12,13,15). The predicted molar refractivity (Wildman–Crippen MR) is 59.0 cm³/mol. The summed E-state index contributed by atoms with van der Waals surface area (Å²) in [6.45, 7) is 2.70. The van der Waals surface area contributed by atoms with Crippen LogP contribution in [0.2, 0.25) is 0 Å². The van der Waals surface area contributed by atoms with Gasteiger partial charge in [0.05, 0.1) is 0 Å². The Kier molecular flexibility index (Phi) is 3.11. The van der Waals surface area contributed by atoms with Crippen LogP contribution < -0.4 is 11.5 Å². The van der Waals surface area contributed by atoms with E-state index in [1.54, 1.807) is 0 Å². The Morgan fingerprint density at radius 1 is 1.56 bits per heavy atom. The number of likely N-dealkylation sites (tertiary alicyclic amines) is 1. The molecule has 16 heavy (non-hydrogen) atoms. The molecule has 0 aliphatic carbocycles. The summed E-state index contributed by atoms with van der Waals surface area (Å²) < 4.78 is 4.50. The molecule has 0 radical (unpaired) electrons. The average molecular weight is 226 g/mol. The molecular weight excluding hydrogens is 208 g/mol. The van der Waals surface area contributed by atoms with Crippen LogP contribution in [0.15, 0.2) is 9.32 Å². The number of hydrogen-bond donors (Lipinski definition) is 2. The zero-order valence-corrected chi connectivity index (χ0v) is 9.53. The minimum Gasteiger partial charge on any atom is -0.330 e. The molecule has 90 valence electrons. The molecule has 0 atom stereocenters. The van der Waals surface area contributed by atoms with Gasteiger partial charge < -0.3 is 10.6 Å². The highest BCUT2D eigenvalue weighted by atomic mass is 16.5. The van der Waals surface area contributed by atoms with Gasteiger partial charge >= 0.3 is 5.76 Å². The molecule has 2 rings (SSSR count). The van der Waals surface area contributed by atoms with E-state index < -0.39 is 5.76 Å². The number of nitrogens with zero attached hydrogens (tertiary/aromatic N) is 2. The SMILES string of the molecule is CN1CCC(CN)(Cc2noc(=O)[nH]2)CC1. The first-order valence-electron chi connectivity index (χ1n) is 5.57. The lowest BCUT2D eigenvalue weighted by Gasteiger charge is -2.39. The van der Waals surface area contributed by atoms with Gasteiger partial charge in [-0.3, -0.25) is 9.51 Å². The number of H-pyrrole nitrogens is 1. The van der Waals surface area contributed by atoms with Gasteiger partial charge in [-0.15, -0.1) is 0 Å². The van der Waals surface area contributed by atoms with E-state index in [4.69, 9.17) is 5.73 Å². The van der Waals surface area contributed by atoms with Crippen LogP contribution in [-0.4, -0.2) is 41.7 Å². The van der Waals surface area contributed by atoms with Crippen molar-refractivity contribution < 1.29 is 4.52 Å². The van der Waals surface area contributed by atoms with Crippen LogP contribution in [-0.2, 0) is 6.42 Å². The number of hydrogen-bond acceptors (Lipinski definition) is 5. The van der Waals surface area contributed by atoms with Crippen LogP contribution in [0.3, 0.4) is 0 Å². The maximum absolute atomic E-state index is 10.9. The van der Waals surface area contributed by atoms with E-state index in [0.717, 1.165) is 25.9 Å². The summed E-state index contributed by atoms with van der Waals surface area (Å²) in [5, 5.41) is 3.71. The van der Waals surface area contributed by atoms with E-state index in [1.807, 2.05) is 0 Å². The molecule has 1 fully saturated rings. The second-order valence-corrected chi connectivity index (χ2v) is 4.73. The van der Waals surface area contributed by atoms with E-state index in [1.165, 1.54) is 0 Å².